The number of ether oxygens (including phenoxy) is 1. The third kappa shape index (κ3) is 8.23. The molecule has 0 spiro atoms. The molecule has 0 aliphatic heterocycles. The summed E-state index contributed by atoms with van der Waals surface area (Å²) in [6, 6.07) is 7.26. The van der Waals surface area contributed by atoms with Gasteiger partial charge in [-0.1, -0.05) is 45.9 Å². The van der Waals surface area contributed by atoms with Crippen molar-refractivity contribution in [3.05, 3.63) is 29.8 Å². The molecule has 1 aromatic rings. The van der Waals surface area contributed by atoms with Crippen LogP contribution in [-0.2, 0) is 9.59 Å². The zero-order chi connectivity index (χ0) is 18.1. The predicted molar refractivity (Wildman–Crippen MR) is 102 cm³/mol. The van der Waals surface area contributed by atoms with Gasteiger partial charge in [-0.2, -0.15) is 0 Å². The average Bonchev–Trinajstić information content (AvgIpc) is 2.55. The number of carbonyl (C=O) groups is 2. The lowest BCUT2D eigenvalue weighted by Gasteiger charge is -2.15. The van der Waals surface area contributed by atoms with E-state index in [1.807, 2.05) is 38.1 Å². The van der Waals surface area contributed by atoms with Crippen LogP contribution >= 0.6 is 12.4 Å². The van der Waals surface area contributed by atoms with Gasteiger partial charge >= 0.3 is 0 Å². The van der Waals surface area contributed by atoms with Crippen molar-refractivity contribution in [3.63, 3.8) is 0 Å². The fraction of sp³-hybridized carbons (Fsp3) is 0.556. The van der Waals surface area contributed by atoms with Crippen molar-refractivity contribution in [2.24, 2.45) is 11.7 Å². The van der Waals surface area contributed by atoms with E-state index in [2.05, 4.69) is 24.5 Å². The minimum atomic E-state index is -0.603. The van der Waals surface area contributed by atoms with E-state index < -0.39 is 6.04 Å². The lowest BCUT2D eigenvalue weighted by Crippen LogP contribution is -2.47. The van der Waals surface area contributed by atoms with E-state index in [0.717, 1.165) is 11.3 Å². The molecule has 0 saturated carbocycles. The minimum Gasteiger partial charge on any atom is -0.491 e. The van der Waals surface area contributed by atoms with Crippen LogP contribution in [0.3, 0.4) is 0 Å². The first-order valence-electron chi connectivity index (χ1n) is 8.34. The molecule has 0 bridgehead atoms. The third-order valence-corrected chi connectivity index (χ3v) is 3.67. The zero-order valence-electron chi connectivity index (χ0n) is 15.4. The summed E-state index contributed by atoms with van der Waals surface area (Å²) in [6.45, 7) is 8.59. The largest absolute Gasteiger partial charge is 0.491 e. The Morgan fingerprint density at radius 3 is 2.36 bits per heavy atom. The molecule has 1 atom stereocenters. The number of benzene rings is 1. The van der Waals surface area contributed by atoms with Gasteiger partial charge in [0.1, 0.15) is 12.4 Å². The number of nitrogens with two attached hydrogens (primary N) is 1. The van der Waals surface area contributed by atoms with Crippen LogP contribution in [0.4, 0.5) is 0 Å². The Kier molecular flexibility index (Phi) is 10.9. The lowest BCUT2D eigenvalue weighted by molar-refractivity contribution is -0.127. The maximum Gasteiger partial charge on any atom is 0.239 e. The molecule has 6 nitrogen and oxygen atoms in total. The van der Waals surface area contributed by atoms with Gasteiger partial charge in [-0.25, -0.2) is 0 Å². The highest BCUT2D eigenvalue weighted by molar-refractivity contribution is 5.87. The molecule has 0 fully saturated rings. The van der Waals surface area contributed by atoms with E-state index in [4.69, 9.17) is 10.5 Å². The Labute approximate surface area is 156 Å². The highest BCUT2D eigenvalue weighted by Gasteiger charge is 2.17. The van der Waals surface area contributed by atoms with Crippen LogP contribution in [0.15, 0.2) is 24.3 Å². The predicted octanol–water partition coefficient (Wildman–Crippen LogP) is 1.83. The molecule has 0 aromatic heterocycles. The molecular formula is C18H30ClN3O3. The van der Waals surface area contributed by atoms with Crippen molar-refractivity contribution in [1.29, 1.82) is 0 Å². The second kappa shape index (κ2) is 11.7. The normalized spacial score (nSPS) is 11.6. The van der Waals surface area contributed by atoms with Gasteiger partial charge in [-0.05, 0) is 23.5 Å². The maximum absolute atomic E-state index is 11.7. The molecule has 0 heterocycles. The van der Waals surface area contributed by atoms with Gasteiger partial charge in [0.2, 0.25) is 11.8 Å². The SMILES string of the molecule is CC(C)c1ccccc1OCCNC(=O)CNC(=O)[C@@H](N)C(C)C.Cl. The first-order chi connectivity index (χ1) is 11.3. The monoisotopic (exact) mass is 371 g/mol. The summed E-state index contributed by atoms with van der Waals surface area (Å²) < 4.78 is 5.72. The van der Waals surface area contributed by atoms with Crippen molar-refractivity contribution in [1.82, 2.24) is 10.6 Å². The molecule has 0 saturated heterocycles. The Bertz CT molecular complexity index is 550. The van der Waals surface area contributed by atoms with Crippen molar-refractivity contribution >= 4 is 24.2 Å². The zero-order valence-corrected chi connectivity index (χ0v) is 16.2. The molecule has 1 rings (SSSR count). The Balaban J connectivity index is 0.00000576. The van der Waals surface area contributed by atoms with Crippen LogP contribution in [0.5, 0.6) is 5.75 Å². The van der Waals surface area contributed by atoms with Gasteiger partial charge < -0.3 is 21.1 Å². The van der Waals surface area contributed by atoms with Crippen LogP contribution in [0.2, 0.25) is 0 Å². The van der Waals surface area contributed by atoms with E-state index >= 15 is 0 Å². The smallest absolute Gasteiger partial charge is 0.239 e. The van der Waals surface area contributed by atoms with Gasteiger partial charge in [0, 0.05) is 0 Å². The van der Waals surface area contributed by atoms with Gasteiger partial charge in [0.05, 0.1) is 19.1 Å². The van der Waals surface area contributed by atoms with Crippen molar-refractivity contribution in [2.75, 3.05) is 19.7 Å². The molecule has 4 N–H and O–H groups in total. The molecule has 1 aromatic carbocycles. The summed E-state index contributed by atoms with van der Waals surface area (Å²) in [5.74, 6) is 0.652. The van der Waals surface area contributed by atoms with E-state index in [0.29, 0.717) is 19.1 Å². The average molecular weight is 372 g/mol. The second-order valence-corrected chi connectivity index (χ2v) is 6.38. The Morgan fingerprint density at radius 1 is 1.12 bits per heavy atom. The van der Waals surface area contributed by atoms with Crippen molar-refractivity contribution < 1.29 is 14.3 Å². The molecule has 0 unspecified atom stereocenters. The summed E-state index contributed by atoms with van der Waals surface area (Å²) in [4.78, 5) is 23.4. The summed E-state index contributed by atoms with van der Waals surface area (Å²) in [5.41, 5.74) is 6.84. The number of carbonyl (C=O) groups excluding carboxylic acids is 2. The van der Waals surface area contributed by atoms with Crippen LogP contribution < -0.4 is 21.1 Å². The first-order valence-corrected chi connectivity index (χ1v) is 8.34. The maximum atomic E-state index is 11.7. The summed E-state index contributed by atoms with van der Waals surface area (Å²) >= 11 is 0. The number of halogens is 1. The van der Waals surface area contributed by atoms with Crippen LogP contribution in [0.25, 0.3) is 0 Å². The van der Waals surface area contributed by atoms with Crippen molar-refractivity contribution in [3.8, 4) is 5.75 Å². The number of hydrogen-bond acceptors (Lipinski definition) is 4. The minimum absolute atomic E-state index is 0. The molecule has 0 aliphatic rings. The molecule has 142 valence electrons. The number of nitrogens with one attached hydrogen (secondary N) is 2. The molecule has 0 radical (unpaired) electrons. The molecule has 2 amide bonds. The van der Waals surface area contributed by atoms with Gasteiger partial charge in [0.15, 0.2) is 0 Å². The lowest BCUT2D eigenvalue weighted by atomic mass is 10.0. The Morgan fingerprint density at radius 2 is 1.76 bits per heavy atom. The molecule has 0 aliphatic carbocycles. The van der Waals surface area contributed by atoms with Gasteiger partial charge in [0.25, 0.3) is 0 Å². The first kappa shape index (κ1) is 23.2. The van der Waals surface area contributed by atoms with Gasteiger partial charge in [-0.15, -0.1) is 12.4 Å². The quantitative estimate of drug-likeness (QED) is 0.577. The number of para-hydroxylation sites is 1. The van der Waals surface area contributed by atoms with Crippen LogP contribution in [0, 0.1) is 5.92 Å². The topological polar surface area (TPSA) is 93.5 Å². The number of hydrogen-bond donors (Lipinski definition) is 3. The molecule has 25 heavy (non-hydrogen) atoms. The number of amides is 2. The molecular weight excluding hydrogens is 342 g/mol. The highest BCUT2D eigenvalue weighted by atomic mass is 35.5. The van der Waals surface area contributed by atoms with E-state index in [1.54, 1.807) is 0 Å². The van der Waals surface area contributed by atoms with Crippen LogP contribution in [0.1, 0.15) is 39.2 Å². The van der Waals surface area contributed by atoms with Crippen LogP contribution in [-0.4, -0.2) is 37.6 Å². The summed E-state index contributed by atoms with van der Waals surface area (Å²) in [5, 5.41) is 5.24. The van der Waals surface area contributed by atoms with Gasteiger partial charge in [-0.3, -0.25) is 9.59 Å². The fourth-order valence-electron chi connectivity index (χ4n) is 2.09. The standard InChI is InChI=1S/C18H29N3O3.ClH/c1-12(2)14-7-5-6-8-15(14)24-10-9-20-16(22)11-21-18(23)17(19)13(3)4;/h5-8,12-13,17H,9-11,19H2,1-4H3,(H,20,22)(H,21,23);1H/t17-;/m0./s1. The van der Waals surface area contributed by atoms with E-state index in [9.17, 15) is 9.59 Å². The van der Waals surface area contributed by atoms with E-state index in [-0.39, 0.29) is 36.7 Å². The molecule has 7 heteroatoms. The van der Waals surface area contributed by atoms with E-state index in [1.165, 1.54) is 0 Å². The Hall–Kier alpha value is -1.79. The van der Waals surface area contributed by atoms with Crippen molar-refractivity contribution in [2.45, 2.75) is 39.7 Å². The summed E-state index contributed by atoms with van der Waals surface area (Å²) in [7, 11) is 0. The second-order valence-electron chi connectivity index (χ2n) is 6.38. The summed E-state index contributed by atoms with van der Waals surface area (Å²) in [6.07, 6.45) is 0. The fourth-order valence-corrected chi connectivity index (χ4v) is 2.09. The third-order valence-electron chi connectivity index (χ3n) is 3.67. The highest BCUT2D eigenvalue weighted by Crippen LogP contribution is 2.25. The number of rotatable bonds is 9.